The summed E-state index contributed by atoms with van der Waals surface area (Å²) < 4.78 is 37.4. The van der Waals surface area contributed by atoms with E-state index in [1.165, 1.54) is 0 Å². The van der Waals surface area contributed by atoms with Crippen molar-refractivity contribution in [3.05, 3.63) is 0 Å². The molecule has 6 heterocycles. The van der Waals surface area contributed by atoms with Crippen LogP contribution in [0.3, 0.4) is 0 Å². The van der Waals surface area contributed by atoms with Crippen LogP contribution in [0.4, 0.5) is 0 Å². The average Bonchev–Trinajstić information content (AvgIpc) is 3.41. The normalized spacial score (nSPS) is 57.3. The molecule has 6 saturated heterocycles. The Hall–Kier alpha value is 0.810. The fraction of sp³-hybridized carbons (Fsp3) is 1.00. The molecule has 0 amide bonds. The van der Waals surface area contributed by atoms with Crippen molar-refractivity contribution in [2.45, 2.75) is 82.0 Å². The minimum atomic E-state index is 0.118. The Morgan fingerprint density at radius 3 is 1.07 bits per heavy atom. The molecule has 0 saturated carbocycles. The molecule has 0 spiro atoms. The molecular formula is C20H30O6S3. The highest BCUT2D eigenvalue weighted by molar-refractivity contribution is 8.06. The van der Waals surface area contributed by atoms with Gasteiger partial charge in [-0.05, 0) is 0 Å². The second kappa shape index (κ2) is 8.30. The van der Waals surface area contributed by atoms with Crippen LogP contribution in [-0.4, -0.2) is 108 Å². The van der Waals surface area contributed by atoms with Crippen molar-refractivity contribution in [1.29, 1.82) is 0 Å². The van der Waals surface area contributed by atoms with Crippen LogP contribution in [0.5, 0.6) is 0 Å². The molecule has 0 aromatic rings. The summed E-state index contributed by atoms with van der Waals surface area (Å²) in [6.45, 7) is 8.73. The number of rotatable bonds is 2. The van der Waals surface area contributed by atoms with E-state index in [2.05, 4.69) is 25.6 Å². The van der Waals surface area contributed by atoms with Crippen LogP contribution < -0.4 is 0 Å². The summed E-state index contributed by atoms with van der Waals surface area (Å²) in [5.74, 6) is 0. The van der Waals surface area contributed by atoms with Crippen LogP contribution >= 0.6 is 35.3 Å². The van der Waals surface area contributed by atoms with Gasteiger partial charge in [0.1, 0.15) is 0 Å². The van der Waals surface area contributed by atoms with Crippen molar-refractivity contribution < 1.29 is 28.4 Å². The van der Waals surface area contributed by atoms with Gasteiger partial charge in [0, 0.05) is 31.5 Å². The molecule has 6 fully saturated rings. The maximum absolute atomic E-state index is 6.36. The highest BCUT2D eigenvalue weighted by Gasteiger charge is 2.61. The standard InChI is InChI=1S/C20H30O6S3/c1-9-11-13(23-5-3-21-11)17(27-9)19-15-16(26-8-7-25-15)20(29-19)18-14-12(10(2)28-18)22-4-6-24-14/h9-20H,3-8H2,1-2H3. The Balaban J connectivity index is 1.26. The third kappa shape index (κ3) is 3.42. The molecule has 29 heavy (non-hydrogen) atoms. The smallest absolute Gasteiger partial charge is 0.0979 e. The highest BCUT2D eigenvalue weighted by atomic mass is 32.2. The van der Waals surface area contributed by atoms with Crippen molar-refractivity contribution in [2.24, 2.45) is 0 Å². The van der Waals surface area contributed by atoms with E-state index in [1.54, 1.807) is 0 Å². The van der Waals surface area contributed by atoms with E-state index in [0.717, 1.165) is 0 Å². The minimum Gasteiger partial charge on any atom is -0.372 e. The molecule has 12 atom stereocenters. The third-order valence-corrected chi connectivity index (χ3v) is 12.3. The van der Waals surface area contributed by atoms with E-state index < -0.39 is 0 Å². The van der Waals surface area contributed by atoms with E-state index in [1.807, 2.05) is 23.5 Å². The van der Waals surface area contributed by atoms with Crippen LogP contribution in [0, 0.1) is 0 Å². The van der Waals surface area contributed by atoms with Crippen molar-refractivity contribution in [3.8, 4) is 0 Å². The Kier molecular flexibility index (Phi) is 5.84. The van der Waals surface area contributed by atoms with Crippen LogP contribution in [0.2, 0.25) is 0 Å². The summed E-state index contributed by atoms with van der Waals surface area (Å²) in [7, 11) is 0. The van der Waals surface area contributed by atoms with Crippen molar-refractivity contribution in [1.82, 2.24) is 0 Å². The van der Waals surface area contributed by atoms with Gasteiger partial charge in [-0.25, -0.2) is 0 Å². The molecule has 0 aromatic heterocycles. The zero-order valence-corrected chi connectivity index (χ0v) is 19.3. The Bertz CT molecular complexity index is 563. The highest BCUT2D eigenvalue weighted by Crippen LogP contribution is 2.55. The van der Waals surface area contributed by atoms with E-state index in [-0.39, 0.29) is 36.6 Å². The zero-order chi connectivity index (χ0) is 19.5. The minimum absolute atomic E-state index is 0.118. The van der Waals surface area contributed by atoms with Gasteiger partial charge in [-0.15, -0.1) is 35.3 Å². The number of fused-ring (bicyclic) bond motifs is 3. The van der Waals surface area contributed by atoms with Crippen LogP contribution in [0.1, 0.15) is 13.8 Å². The molecule has 0 bridgehead atoms. The van der Waals surface area contributed by atoms with Gasteiger partial charge < -0.3 is 28.4 Å². The molecular weight excluding hydrogens is 432 g/mol. The van der Waals surface area contributed by atoms with Gasteiger partial charge in [0.15, 0.2) is 0 Å². The molecule has 12 unspecified atom stereocenters. The van der Waals surface area contributed by atoms with Crippen molar-refractivity contribution in [3.63, 3.8) is 0 Å². The van der Waals surface area contributed by atoms with Crippen LogP contribution in [0.15, 0.2) is 0 Å². The molecule has 0 aliphatic carbocycles. The maximum Gasteiger partial charge on any atom is 0.0979 e. The largest absolute Gasteiger partial charge is 0.372 e. The summed E-state index contributed by atoms with van der Waals surface area (Å²) in [5.41, 5.74) is 0. The number of hydrogen-bond acceptors (Lipinski definition) is 9. The molecule has 6 aliphatic rings. The molecule has 0 aromatic carbocycles. The number of hydrogen-bond donors (Lipinski definition) is 0. The van der Waals surface area contributed by atoms with Crippen molar-refractivity contribution >= 4 is 35.3 Å². The summed E-state index contributed by atoms with van der Waals surface area (Å²) >= 11 is 6.11. The molecule has 0 N–H and O–H groups in total. The van der Waals surface area contributed by atoms with Gasteiger partial charge in [-0.3, -0.25) is 0 Å². The predicted octanol–water partition coefficient (Wildman–Crippen LogP) is 1.83. The van der Waals surface area contributed by atoms with Gasteiger partial charge in [0.25, 0.3) is 0 Å². The molecule has 9 heteroatoms. The van der Waals surface area contributed by atoms with Gasteiger partial charge in [0.2, 0.25) is 0 Å². The molecule has 0 radical (unpaired) electrons. The second-order valence-electron chi connectivity index (χ2n) is 8.69. The van der Waals surface area contributed by atoms with Gasteiger partial charge in [0.05, 0.1) is 76.3 Å². The van der Waals surface area contributed by atoms with Gasteiger partial charge in [-0.2, -0.15) is 0 Å². The lowest BCUT2D eigenvalue weighted by molar-refractivity contribution is -0.156. The fourth-order valence-corrected chi connectivity index (χ4v) is 11.5. The Morgan fingerprint density at radius 2 is 0.690 bits per heavy atom. The van der Waals surface area contributed by atoms with E-state index >= 15 is 0 Å². The van der Waals surface area contributed by atoms with Crippen LogP contribution in [0.25, 0.3) is 0 Å². The molecule has 6 aliphatic heterocycles. The zero-order valence-electron chi connectivity index (χ0n) is 16.8. The first-order valence-electron chi connectivity index (χ1n) is 10.9. The summed E-state index contributed by atoms with van der Waals surface area (Å²) in [6, 6.07) is 0. The first-order chi connectivity index (χ1) is 14.2. The van der Waals surface area contributed by atoms with Crippen LogP contribution in [-0.2, 0) is 28.4 Å². The van der Waals surface area contributed by atoms with Crippen molar-refractivity contribution in [2.75, 3.05) is 39.6 Å². The average molecular weight is 463 g/mol. The number of ether oxygens (including phenoxy) is 6. The first kappa shape index (κ1) is 20.4. The van der Waals surface area contributed by atoms with E-state index in [4.69, 9.17) is 28.4 Å². The second-order valence-corrected chi connectivity index (χ2v) is 13.2. The molecule has 6 rings (SSSR count). The van der Waals surface area contributed by atoms with E-state index in [9.17, 15) is 0 Å². The molecule has 164 valence electrons. The lowest BCUT2D eigenvalue weighted by atomic mass is 9.95. The lowest BCUT2D eigenvalue weighted by Gasteiger charge is -2.36. The SMILES string of the molecule is CC1SC(C2SC(C3SC(C)C4OCCOC43)C3OCCOC32)C2OCCOC12. The third-order valence-electron chi connectivity index (χ3n) is 7.01. The van der Waals surface area contributed by atoms with Gasteiger partial charge >= 0.3 is 0 Å². The lowest BCUT2D eigenvalue weighted by Crippen LogP contribution is -2.52. The first-order valence-corrected chi connectivity index (χ1v) is 13.7. The summed E-state index contributed by atoms with van der Waals surface area (Å²) in [6.07, 6.45) is 0.939. The topological polar surface area (TPSA) is 55.4 Å². The van der Waals surface area contributed by atoms with Gasteiger partial charge in [-0.1, -0.05) is 13.8 Å². The summed E-state index contributed by atoms with van der Waals surface area (Å²) in [5, 5.41) is 2.37. The monoisotopic (exact) mass is 462 g/mol. The maximum atomic E-state index is 6.36. The Labute approximate surface area is 185 Å². The Morgan fingerprint density at radius 1 is 0.414 bits per heavy atom. The number of thioether (sulfide) groups is 3. The fourth-order valence-electron chi connectivity index (χ4n) is 5.81. The summed E-state index contributed by atoms with van der Waals surface area (Å²) in [4.78, 5) is 0. The molecule has 6 nitrogen and oxygen atoms in total. The van der Waals surface area contributed by atoms with E-state index in [0.29, 0.717) is 71.1 Å². The predicted molar refractivity (Wildman–Crippen MR) is 115 cm³/mol. The quantitative estimate of drug-likeness (QED) is 0.612.